The van der Waals surface area contributed by atoms with Gasteiger partial charge in [-0.05, 0) is 12.1 Å². The molecule has 1 aromatic carbocycles. The molecule has 19 heavy (non-hydrogen) atoms. The SMILES string of the molecule is N#Cc1c[nH]c2nc(N)nc(-c3ccccc3O)c12. The molecule has 0 aliphatic rings. The molecule has 0 bridgehead atoms. The van der Waals surface area contributed by atoms with Crippen molar-refractivity contribution in [1.29, 1.82) is 5.26 Å². The smallest absolute Gasteiger partial charge is 0.222 e. The molecule has 3 aromatic rings. The molecule has 3 rings (SSSR count). The maximum atomic E-state index is 9.92. The number of H-pyrrole nitrogens is 1. The molecular weight excluding hydrogens is 242 g/mol. The van der Waals surface area contributed by atoms with Crippen molar-refractivity contribution in [1.82, 2.24) is 15.0 Å². The highest BCUT2D eigenvalue weighted by molar-refractivity contribution is 5.97. The zero-order valence-electron chi connectivity index (χ0n) is 9.75. The maximum absolute atomic E-state index is 9.92. The van der Waals surface area contributed by atoms with E-state index in [1.165, 1.54) is 0 Å². The molecule has 0 amide bonds. The molecule has 0 aliphatic heterocycles. The van der Waals surface area contributed by atoms with Crippen molar-refractivity contribution < 1.29 is 5.11 Å². The van der Waals surface area contributed by atoms with E-state index in [4.69, 9.17) is 11.0 Å². The predicted molar refractivity (Wildman–Crippen MR) is 70.1 cm³/mol. The van der Waals surface area contributed by atoms with Gasteiger partial charge in [0, 0.05) is 11.8 Å². The van der Waals surface area contributed by atoms with Crippen LogP contribution >= 0.6 is 0 Å². The average molecular weight is 251 g/mol. The Bertz CT molecular complexity index is 816. The predicted octanol–water partition coefficient (Wildman–Crippen LogP) is 1.78. The van der Waals surface area contributed by atoms with Crippen LogP contribution in [0.25, 0.3) is 22.3 Å². The number of rotatable bonds is 1. The summed E-state index contributed by atoms with van der Waals surface area (Å²) in [6.45, 7) is 0. The number of aromatic hydroxyl groups is 1. The molecule has 2 aromatic heterocycles. The molecule has 0 saturated carbocycles. The Balaban J connectivity index is 2.44. The molecule has 0 saturated heterocycles. The third-order valence-corrected chi connectivity index (χ3v) is 2.83. The van der Waals surface area contributed by atoms with Gasteiger partial charge in [0.15, 0.2) is 0 Å². The minimum Gasteiger partial charge on any atom is -0.507 e. The van der Waals surface area contributed by atoms with E-state index in [-0.39, 0.29) is 11.7 Å². The van der Waals surface area contributed by atoms with Gasteiger partial charge in [-0.2, -0.15) is 10.2 Å². The van der Waals surface area contributed by atoms with Crippen molar-refractivity contribution in [3.63, 3.8) is 0 Å². The van der Waals surface area contributed by atoms with Crippen LogP contribution in [0.2, 0.25) is 0 Å². The van der Waals surface area contributed by atoms with Gasteiger partial charge in [-0.15, -0.1) is 0 Å². The molecule has 4 N–H and O–H groups in total. The number of nitrogens with one attached hydrogen (secondary N) is 1. The molecule has 6 nitrogen and oxygen atoms in total. The third kappa shape index (κ3) is 1.65. The summed E-state index contributed by atoms with van der Waals surface area (Å²) in [7, 11) is 0. The summed E-state index contributed by atoms with van der Waals surface area (Å²) < 4.78 is 0. The second-order valence-electron chi connectivity index (χ2n) is 3.99. The number of benzene rings is 1. The van der Waals surface area contributed by atoms with Gasteiger partial charge in [-0.3, -0.25) is 0 Å². The zero-order chi connectivity index (χ0) is 13.4. The monoisotopic (exact) mass is 251 g/mol. The van der Waals surface area contributed by atoms with Crippen molar-refractivity contribution in [3.05, 3.63) is 36.0 Å². The molecule has 0 aliphatic carbocycles. The molecule has 0 atom stereocenters. The number of anilines is 1. The highest BCUT2D eigenvalue weighted by Crippen LogP contribution is 2.33. The summed E-state index contributed by atoms with van der Waals surface area (Å²) in [5.41, 5.74) is 7.50. The first-order chi connectivity index (χ1) is 9.20. The minimum atomic E-state index is 0.0759. The average Bonchev–Trinajstić information content (AvgIpc) is 2.81. The van der Waals surface area contributed by atoms with Gasteiger partial charge >= 0.3 is 0 Å². The van der Waals surface area contributed by atoms with Gasteiger partial charge in [0.1, 0.15) is 17.5 Å². The van der Waals surface area contributed by atoms with Gasteiger partial charge < -0.3 is 15.8 Å². The van der Waals surface area contributed by atoms with Gasteiger partial charge in [-0.1, -0.05) is 12.1 Å². The van der Waals surface area contributed by atoms with Crippen LogP contribution in [0.4, 0.5) is 5.95 Å². The Kier molecular flexibility index (Phi) is 2.32. The summed E-state index contributed by atoms with van der Waals surface area (Å²) in [4.78, 5) is 11.1. The van der Waals surface area contributed by atoms with Gasteiger partial charge in [0.2, 0.25) is 5.95 Å². The first kappa shape index (κ1) is 11.0. The Morgan fingerprint density at radius 1 is 1.26 bits per heavy atom. The standard InChI is InChI=1S/C13H9N5O/c14-5-7-6-16-12-10(7)11(17-13(15)18-12)8-3-1-2-4-9(8)19/h1-4,6,19H,(H3,15,16,17,18). The lowest BCUT2D eigenvalue weighted by atomic mass is 10.1. The number of hydrogen-bond donors (Lipinski definition) is 3. The van der Waals surface area contributed by atoms with Crippen LogP contribution < -0.4 is 5.73 Å². The maximum Gasteiger partial charge on any atom is 0.222 e. The summed E-state index contributed by atoms with van der Waals surface area (Å²) in [5, 5.41) is 19.6. The number of aromatic amines is 1. The lowest BCUT2D eigenvalue weighted by molar-refractivity contribution is 0.477. The number of fused-ring (bicyclic) bond motifs is 1. The van der Waals surface area contributed by atoms with Crippen molar-refractivity contribution >= 4 is 17.0 Å². The molecule has 0 radical (unpaired) electrons. The summed E-state index contributed by atoms with van der Waals surface area (Å²) in [6, 6.07) is 8.82. The lowest BCUT2D eigenvalue weighted by Crippen LogP contribution is -1.98. The Morgan fingerprint density at radius 3 is 2.79 bits per heavy atom. The van der Waals surface area contributed by atoms with Crippen molar-refractivity contribution in [2.45, 2.75) is 0 Å². The van der Waals surface area contributed by atoms with Crippen LogP contribution in [0.5, 0.6) is 5.75 Å². The number of hydrogen-bond acceptors (Lipinski definition) is 5. The van der Waals surface area contributed by atoms with E-state index in [1.807, 2.05) is 0 Å². The van der Waals surface area contributed by atoms with E-state index in [2.05, 4.69) is 21.0 Å². The van der Waals surface area contributed by atoms with Gasteiger partial charge in [-0.25, -0.2) is 4.98 Å². The minimum absolute atomic E-state index is 0.0759. The van der Waals surface area contributed by atoms with Crippen molar-refractivity contribution in [2.24, 2.45) is 0 Å². The van der Waals surface area contributed by atoms with E-state index in [0.29, 0.717) is 27.9 Å². The highest BCUT2D eigenvalue weighted by atomic mass is 16.3. The number of phenols is 1. The quantitative estimate of drug-likeness (QED) is 0.610. The normalized spacial score (nSPS) is 10.5. The fraction of sp³-hybridized carbons (Fsp3) is 0. The van der Waals surface area contributed by atoms with E-state index in [0.717, 1.165) is 0 Å². The molecular formula is C13H9N5O. The number of nitrogens with zero attached hydrogens (tertiary/aromatic N) is 3. The molecule has 6 heteroatoms. The van der Waals surface area contributed by atoms with Crippen LogP contribution in [-0.4, -0.2) is 20.1 Å². The van der Waals surface area contributed by atoms with Crippen molar-refractivity contribution in [2.75, 3.05) is 5.73 Å². The summed E-state index contributed by atoms with van der Waals surface area (Å²) in [5.74, 6) is 0.157. The van der Waals surface area contributed by atoms with E-state index < -0.39 is 0 Å². The van der Waals surface area contributed by atoms with Crippen LogP contribution in [-0.2, 0) is 0 Å². The Labute approximate surface area is 108 Å². The number of para-hydroxylation sites is 1. The largest absolute Gasteiger partial charge is 0.507 e. The van der Waals surface area contributed by atoms with Crippen molar-refractivity contribution in [3.8, 4) is 23.1 Å². The number of aromatic nitrogens is 3. The van der Waals surface area contributed by atoms with E-state index in [1.54, 1.807) is 30.5 Å². The number of phenolic OH excluding ortho intramolecular Hbond substituents is 1. The molecule has 0 fully saturated rings. The summed E-state index contributed by atoms with van der Waals surface area (Å²) in [6.07, 6.45) is 1.54. The van der Waals surface area contributed by atoms with Crippen LogP contribution in [0.1, 0.15) is 5.56 Å². The van der Waals surface area contributed by atoms with Crippen LogP contribution in [0, 0.1) is 11.3 Å². The molecule has 92 valence electrons. The third-order valence-electron chi connectivity index (χ3n) is 2.83. The zero-order valence-corrected chi connectivity index (χ0v) is 9.75. The lowest BCUT2D eigenvalue weighted by Gasteiger charge is -2.06. The first-order valence-corrected chi connectivity index (χ1v) is 5.54. The van der Waals surface area contributed by atoms with E-state index in [9.17, 15) is 5.11 Å². The number of nitrogen functional groups attached to an aromatic ring is 1. The molecule has 0 spiro atoms. The van der Waals surface area contributed by atoms with Gasteiger partial charge in [0.25, 0.3) is 0 Å². The topological polar surface area (TPSA) is 112 Å². The molecule has 2 heterocycles. The Hall–Kier alpha value is -3.07. The first-order valence-electron chi connectivity index (χ1n) is 5.54. The number of nitrogens with two attached hydrogens (primary N) is 1. The number of nitriles is 1. The second-order valence-corrected chi connectivity index (χ2v) is 3.99. The Morgan fingerprint density at radius 2 is 2.05 bits per heavy atom. The van der Waals surface area contributed by atoms with Crippen LogP contribution in [0.15, 0.2) is 30.5 Å². The fourth-order valence-corrected chi connectivity index (χ4v) is 2.01. The van der Waals surface area contributed by atoms with Gasteiger partial charge in [0.05, 0.1) is 16.6 Å². The highest BCUT2D eigenvalue weighted by Gasteiger charge is 2.16. The molecule has 0 unspecified atom stereocenters. The van der Waals surface area contributed by atoms with Crippen LogP contribution in [0.3, 0.4) is 0 Å². The summed E-state index contributed by atoms with van der Waals surface area (Å²) >= 11 is 0. The second kappa shape index (κ2) is 3.99. The van der Waals surface area contributed by atoms with E-state index >= 15 is 0 Å². The fourth-order valence-electron chi connectivity index (χ4n) is 2.01.